The second kappa shape index (κ2) is 8.22. The molecule has 116 valence electrons. The third kappa shape index (κ3) is 4.88. The zero-order valence-corrected chi connectivity index (χ0v) is 12.1. The minimum absolute atomic E-state index is 0.164. The Bertz CT molecular complexity index is 469. The van der Waals surface area contributed by atoms with E-state index >= 15 is 0 Å². The highest BCUT2D eigenvalue weighted by Gasteiger charge is 2.24. The maximum absolute atomic E-state index is 13.2. The van der Waals surface area contributed by atoms with Gasteiger partial charge in [-0.3, -0.25) is 0 Å². The van der Waals surface area contributed by atoms with E-state index in [-0.39, 0.29) is 5.92 Å². The van der Waals surface area contributed by atoms with Crippen molar-refractivity contribution in [3.05, 3.63) is 47.5 Å². The Morgan fingerprint density at radius 2 is 2.00 bits per heavy atom. The van der Waals surface area contributed by atoms with Crippen molar-refractivity contribution in [1.29, 1.82) is 0 Å². The van der Waals surface area contributed by atoms with Gasteiger partial charge >= 0.3 is 0 Å². The van der Waals surface area contributed by atoms with Gasteiger partial charge in [0.15, 0.2) is 17.9 Å². The van der Waals surface area contributed by atoms with Crippen LogP contribution in [0.15, 0.2) is 30.4 Å². The maximum Gasteiger partial charge on any atom is 0.183 e. The number of rotatable bonds is 6. The zero-order valence-electron chi connectivity index (χ0n) is 12.1. The molecule has 5 heteroatoms. The van der Waals surface area contributed by atoms with Crippen LogP contribution in [0.2, 0.25) is 0 Å². The van der Waals surface area contributed by atoms with Gasteiger partial charge in [0.2, 0.25) is 0 Å². The normalized spacial score (nSPS) is 22.8. The van der Waals surface area contributed by atoms with Gasteiger partial charge in [-0.15, -0.1) is 0 Å². The number of ether oxygens (including phenoxy) is 3. The predicted molar refractivity (Wildman–Crippen MR) is 74.7 cm³/mol. The Morgan fingerprint density at radius 1 is 1.24 bits per heavy atom. The molecule has 0 atom stereocenters. The molecule has 0 spiro atoms. The van der Waals surface area contributed by atoms with E-state index in [4.69, 9.17) is 14.2 Å². The lowest BCUT2D eigenvalue weighted by molar-refractivity contribution is -0.212. The highest BCUT2D eigenvalue weighted by molar-refractivity contribution is 5.19. The van der Waals surface area contributed by atoms with E-state index in [1.165, 1.54) is 6.07 Å². The molecular formula is C16H20F2O3. The molecule has 21 heavy (non-hydrogen) atoms. The minimum atomic E-state index is -0.894. The number of hydrogen-bond acceptors (Lipinski definition) is 3. The van der Waals surface area contributed by atoms with E-state index in [1.54, 1.807) is 0 Å². The standard InChI is InChI=1S/C16H20F2O3/c1-2-3-4-7-19-9-12-10-20-16(21-11-12)13-5-6-14(17)15(18)8-13/h2-3,5-6,8,12,16H,4,7,9-11H2,1H3/b3-2+. The molecule has 1 aliphatic heterocycles. The second-order valence-corrected chi connectivity index (χ2v) is 4.97. The topological polar surface area (TPSA) is 27.7 Å². The molecule has 3 nitrogen and oxygen atoms in total. The van der Waals surface area contributed by atoms with Crippen LogP contribution in [-0.4, -0.2) is 26.4 Å². The molecule has 0 N–H and O–H groups in total. The van der Waals surface area contributed by atoms with Crippen LogP contribution in [0.4, 0.5) is 8.78 Å². The van der Waals surface area contributed by atoms with Crippen molar-refractivity contribution in [2.75, 3.05) is 26.4 Å². The average Bonchev–Trinajstić information content (AvgIpc) is 2.50. The van der Waals surface area contributed by atoms with Gasteiger partial charge in [0.25, 0.3) is 0 Å². The van der Waals surface area contributed by atoms with Gasteiger partial charge in [-0.1, -0.05) is 18.2 Å². The van der Waals surface area contributed by atoms with E-state index < -0.39 is 17.9 Å². The lowest BCUT2D eigenvalue weighted by Gasteiger charge is -2.29. The number of halogens is 2. The first-order chi connectivity index (χ1) is 10.2. The summed E-state index contributed by atoms with van der Waals surface area (Å²) in [4.78, 5) is 0. The molecule has 1 aromatic carbocycles. The molecule has 1 heterocycles. The zero-order chi connectivity index (χ0) is 15.1. The molecule has 2 rings (SSSR count). The van der Waals surface area contributed by atoms with Crippen LogP contribution in [0.1, 0.15) is 25.2 Å². The molecule has 1 fully saturated rings. The van der Waals surface area contributed by atoms with Crippen LogP contribution in [-0.2, 0) is 14.2 Å². The summed E-state index contributed by atoms with van der Waals surface area (Å²) in [6.45, 7) is 4.18. The number of benzene rings is 1. The third-order valence-corrected chi connectivity index (χ3v) is 3.20. The van der Waals surface area contributed by atoms with E-state index in [0.717, 1.165) is 18.6 Å². The second-order valence-electron chi connectivity index (χ2n) is 4.97. The Labute approximate surface area is 123 Å². The molecular weight excluding hydrogens is 278 g/mol. The van der Waals surface area contributed by atoms with Gasteiger partial charge in [0.1, 0.15) is 0 Å². The molecule has 1 saturated heterocycles. The van der Waals surface area contributed by atoms with Crippen LogP contribution < -0.4 is 0 Å². The summed E-state index contributed by atoms with van der Waals surface area (Å²) in [5, 5.41) is 0. The fourth-order valence-corrected chi connectivity index (χ4v) is 2.06. The molecule has 1 aliphatic rings. The predicted octanol–water partition coefficient (Wildman–Crippen LogP) is 3.61. The summed E-state index contributed by atoms with van der Waals surface area (Å²) >= 11 is 0. The van der Waals surface area contributed by atoms with E-state index in [0.29, 0.717) is 32.0 Å². The number of allylic oxidation sites excluding steroid dienone is 1. The summed E-state index contributed by atoms with van der Waals surface area (Å²) in [6.07, 6.45) is 4.29. The third-order valence-electron chi connectivity index (χ3n) is 3.20. The molecule has 0 aromatic heterocycles. The summed E-state index contributed by atoms with van der Waals surface area (Å²) < 4.78 is 42.7. The van der Waals surface area contributed by atoms with Crippen LogP contribution >= 0.6 is 0 Å². The van der Waals surface area contributed by atoms with Crippen molar-refractivity contribution in [2.24, 2.45) is 5.92 Å². The van der Waals surface area contributed by atoms with Gasteiger partial charge in [-0.2, -0.15) is 0 Å². The molecule has 0 radical (unpaired) electrons. The lowest BCUT2D eigenvalue weighted by Crippen LogP contribution is -2.30. The molecule has 0 bridgehead atoms. The summed E-state index contributed by atoms with van der Waals surface area (Å²) in [7, 11) is 0. The van der Waals surface area contributed by atoms with Crippen LogP contribution in [0.5, 0.6) is 0 Å². The van der Waals surface area contributed by atoms with E-state index in [9.17, 15) is 8.78 Å². The SMILES string of the molecule is C/C=C/CCOCC1COC(c2ccc(F)c(F)c2)OC1. The van der Waals surface area contributed by atoms with E-state index in [1.807, 2.05) is 19.1 Å². The van der Waals surface area contributed by atoms with Crippen molar-refractivity contribution in [2.45, 2.75) is 19.6 Å². The van der Waals surface area contributed by atoms with Gasteiger partial charge in [0.05, 0.1) is 26.4 Å². The average molecular weight is 298 g/mol. The van der Waals surface area contributed by atoms with Gasteiger partial charge in [0, 0.05) is 11.5 Å². The smallest absolute Gasteiger partial charge is 0.183 e. The monoisotopic (exact) mass is 298 g/mol. The van der Waals surface area contributed by atoms with Crippen molar-refractivity contribution in [1.82, 2.24) is 0 Å². The van der Waals surface area contributed by atoms with Crippen LogP contribution in [0, 0.1) is 17.6 Å². The first-order valence-corrected chi connectivity index (χ1v) is 7.07. The molecule has 0 amide bonds. The first-order valence-electron chi connectivity index (χ1n) is 7.07. The summed E-state index contributed by atoms with van der Waals surface area (Å²) in [5.74, 6) is -1.60. The van der Waals surface area contributed by atoms with E-state index in [2.05, 4.69) is 0 Å². The van der Waals surface area contributed by atoms with Gasteiger partial charge < -0.3 is 14.2 Å². The van der Waals surface area contributed by atoms with Crippen molar-refractivity contribution in [3.63, 3.8) is 0 Å². The van der Waals surface area contributed by atoms with Crippen molar-refractivity contribution < 1.29 is 23.0 Å². The highest BCUT2D eigenvalue weighted by atomic mass is 19.2. The fourth-order valence-electron chi connectivity index (χ4n) is 2.06. The lowest BCUT2D eigenvalue weighted by atomic mass is 10.1. The summed E-state index contributed by atoms with van der Waals surface area (Å²) in [6, 6.07) is 3.65. The largest absolute Gasteiger partial charge is 0.381 e. The maximum atomic E-state index is 13.2. The molecule has 0 unspecified atom stereocenters. The van der Waals surface area contributed by atoms with Crippen LogP contribution in [0.3, 0.4) is 0 Å². The molecule has 1 aromatic rings. The Morgan fingerprint density at radius 3 is 2.67 bits per heavy atom. The highest BCUT2D eigenvalue weighted by Crippen LogP contribution is 2.26. The van der Waals surface area contributed by atoms with Gasteiger partial charge in [-0.25, -0.2) is 8.78 Å². The van der Waals surface area contributed by atoms with Gasteiger partial charge in [-0.05, 0) is 25.5 Å². The number of hydrogen-bond donors (Lipinski definition) is 0. The fraction of sp³-hybridized carbons (Fsp3) is 0.500. The van der Waals surface area contributed by atoms with Crippen molar-refractivity contribution >= 4 is 0 Å². The molecule has 0 saturated carbocycles. The van der Waals surface area contributed by atoms with Crippen LogP contribution in [0.25, 0.3) is 0 Å². The Balaban J connectivity index is 1.73. The van der Waals surface area contributed by atoms with Crippen molar-refractivity contribution in [3.8, 4) is 0 Å². The Kier molecular flexibility index (Phi) is 6.29. The first kappa shape index (κ1) is 16.1. The Hall–Kier alpha value is -1.30. The quantitative estimate of drug-likeness (QED) is 0.593. The minimum Gasteiger partial charge on any atom is -0.381 e. The molecule has 0 aliphatic carbocycles. The summed E-state index contributed by atoms with van der Waals surface area (Å²) in [5.41, 5.74) is 0.487.